The predicted molar refractivity (Wildman–Crippen MR) is 58.6 cm³/mol. The Morgan fingerprint density at radius 1 is 1.75 bits per heavy atom. The summed E-state index contributed by atoms with van der Waals surface area (Å²) in [4.78, 5) is 14.9. The third-order valence-electron chi connectivity index (χ3n) is 3.08. The highest BCUT2D eigenvalue weighted by Gasteiger charge is 2.37. The van der Waals surface area contributed by atoms with Crippen molar-refractivity contribution in [2.75, 3.05) is 0 Å². The molecule has 0 saturated carbocycles. The van der Waals surface area contributed by atoms with Gasteiger partial charge in [0.2, 0.25) is 0 Å². The van der Waals surface area contributed by atoms with E-state index in [1.165, 1.54) is 0 Å². The van der Waals surface area contributed by atoms with Crippen molar-refractivity contribution < 1.29 is 14.6 Å². The first-order valence-electron chi connectivity index (χ1n) is 5.05. The van der Waals surface area contributed by atoms with Crippen molar-refractivity contribution >= 4 is 17.6 Å². The number of rotatable bonds is 2. The summed E-state index contributed by atoms with van der Waals surface area (Å²) in [5.74, 6) is -1.07. The van der Waals surface area contributed by atoms with Gasteiger partial charge in [0.05, 0.1) is 12.2 Å². The Hall–Kier alpha value is -1.13. The summed E-state index contributed by atoms with van der Waals surface area (Å²) in [6.45, 7) is 4.20. The molecule has 1 aromatic heterocycles. The number of aromatic carboxylic acids is 1. The van der Waals surface area contributed by atoms with E-state index in [1.807, 2.05) is 13.8 Å². The number of carboxylic acid groups (broad SMARTS) is 1. The van der Waals surface area contributed by atoms with Gasteiger partial charge in [0.25, 0.3) is 0 Å². The van der Waals surface area contributed by atoms with Crippen molar-refractivity contribution in [3.8, 4) is 0 Å². The summed E-state index contributed by atoms with van der Waals surface area (Å²) < 4.78 is 5.64. The van der Waals surface area contributed by atoms with Crippen LogP contribution in [0.1, 0.15) is 41.9 Å². The van der Waals surface area contributed by atoms with Crippen LogP contribution < -0.4 is 0 Å². The topological polar surface area (TPSA) is 59.4 Å². The highest BCUT2D eigenvalue weighted by atomic mass is 35.5. The van der Waals surface area contributed by atoms with E-state index in [-0.39, 0.29) is 17.5 Å². The highest BCUT2D eigenvalue weighted by molar-refractivity contribution is 6.29. The van der Waals surface area contributed by atoms with Crippen molar-refractivity contribution in [1.29, 1.82) is 0 Å². The van der Waals surface area contributed by atoms with Gasteiger partial charge >= 0.3 is 5.97 Å². The molecule has 1 N–H and O–H groups in total. The molecule has 5 heteroatoms. The van der Waals surface area contributed by atoms with Gasteiger partial charge in [0, 0.05) is 5.56 Å². The summed E-state index contributed by atoms with van der Waals surface area (Å²) in [5, 5.41) is 9.24. The van der Waals surface area contributed by atoms with Crippen LogP contribution in [0.4, 0.5) is 0 Å². The highest BCUT2D eigenvalue weighted by Crippen LogP contribution is 2.40. The summed E-state index contributed by atoms with van der Waals surface area (Å²) in [6, 6.07) is 1.69. The normalized spacial score (nSPS) is 23.2. The van der Waals surface area contributed by atoms with Gasteiger partial charge in [-0.1, -0.05) is 18.5 Å². The molecule has 1 aliphatic rings. The van der Waals surface area contributed by atoms with Crippen molar-refractivity contribution in [1.82, 2.24) is 4.98 Å². The molecule has 86 valence electrons. The first kappa shape index (κ1) is 11.4. The lowest BCUT2D eigenvalue weighted by molar-refractivity contribution is -0.0261. The first-order valence-corrected chi connectivity index (χ1v) is 5.43. The van der Waals surface area contributed by atoms with Crippen molar-refractivity contribution in [2.24, 2.45) is 0 Å². The molecule has 1 atom stereocenters. The van der Waals surface area contributed by atoms with Gasteiger partial charge in [0.15, 0.2) is 5.69 Å². The average molecular weight is 242 g/mol. The number of fused-ring (bicyclic) bond motifs is 1. The molecule has 4 nitrogen and oxygen atoms in total. The molecule has 0 spiro atoms. The van der Waals surface area contributed by atoms with Gasteiger partial charge in [-0.15, -0.1) is 0 Å². The fourth-order valence-corrected chi connectivity index (χ4v) is 2.13. The molecule has 0 aromatic carbocycles. The van der Waals surface area contributed by atoms with Gasteiger partial charge in [-0.05, 0) is 25.0 Å². The van der Waals surface area contributed by atoms with Crippen LogP contribution in [0.5, 0.6) is 0 Å². The lowest BCUT2D eigenvalue weighted by atomic mass is 9.92. The van der Waals surface area contributed by atoms with Gasteiger partial charge < -0.3 is 9.84 Å². The SMILES string of the molecule is CCC1(C)OCc2c1cc(Cl)nc2C(=O)O. The fourth-order valence-electron chi connectivity index (χ4n) is 1.94. The van der Waals surface area contributed by atoms with Crippen molar-refractivity contribution in [2.45, 2.75) is 32.5 Å². The van der Waals surface area contributed by atoms with Crippen LogP contribution in [-0.2, 0) is 16.9 Å². The van der Waals surface area contributed by atoms with Crippen molar-refractivity contribution in [3.63, 3.8) is 0 Å². The monoisotopic (exact) mass is 241 g/mol. The van der Waals surface area contributed by atoms with Crippen LogP contribution in [0.25, 0.3) is 0 Å². The minimum absolute atomic E-state index is 0.000301. The smallest absolute Gasteiger partial charge is 0.354 e. The zero-order valence-corrected chi connectivity index (χ0v) is 9.84. The first-order chi connectivity index (χ1) is 7.48. The van der Waals surface area contributed by atoms with E-state index in [1.54, 1.807) is 6.07 Å². The maximum atomic E-state index is 11.0. The Bertz CT molecular complexity index is 461. The molecule has 2 rings (SSSR count). The molecule has 0 radical (unpaired) electrons. The van der Waals surface area contributed by atoms with Crippen LogP contribution in [0.2, 0.25) is 5.15 Å². The molecule has 0 amide bonds. The molecule has 1 aromatic rings. The van der Waals surface area contributed by atoms with Crippen LogP contribution in [-0.4, -0.2) is 16.1 Å². The quantitative estimate of drug-likeness (QED) is 0.809. The second kappa shape index (κ2) is 3.71. The van der Waals surface area contributed by atoms with E-state index in [0.717, 1.165) is 12.0 Å². The molecule has 2 heterocycles. The molecule has 0 bridgehead atoms. The van der Waals surface area contributed by atoms with Crippen LogP contribution in [0, 0.1) is 0 Å². The van der Waals surface area contributed by atoms with Gasteiger partial charge in [-0.3, -0.25) is 0 Å². The number of nitrogens with zero attached hydrogens (tertiary/aromatic N) is 1. The van der Waals surface area contributed by atoms with Crippen LogP contribution >= 0.6 is 11.6 Å². The van der Waals surface area contributed by atoms with E-state index < -0.39 is 11.6 Å². The molecule has 0 saturated heterocycles. The Morgan fingerprint density at radius 3 is 3.00 bits per heavy atom. The Morgan fingerprint density at radius 2 is 2.44 bits per heavy atom. The van der Waals surface area contributed by atoms with Crippen LogP contribution in [0.15, 0.2) is 6.07 Å². The molecular formula is C11H12ClNO3. The second-order valence-corrected chi connectivity index (χ2v) is 4.39. The Balaban J connectivity index is 2.65. The molecule has 1 unspecified atom stereocenters. The predicted octanol–water partition coefficient (Wildman–Crippen LogP) is 2.59. The minimum atomic E-state index is -1.07. The van der Waals surface area contributed by atoms with Crippen LogP contribution in [0.3, 0.4) is 0 Å². The summed E-state index contributed by atoms with van der Waals surface area (Å²) in [6.07, 6.45) is 0.763. The second-order valence-electron chi connectivity index (χ2n) is 4.00. The number of aromatic nitrogens is 1. The maximum absolute atomic E-state index is 11.0. The summed E-state index contributed by atoms with van der Waals surface area (Å²) in [5.41, 5.74) is 1.03. The largest absolute Gasteiger partial charge is 0.476 e. The average Bonchev–Trinajstić information content (AvgIpc) is 2.56. The minimum Gasteiger partial charge on any atom is -0.476 e. The number of ether oxygens (including phenoxy) is 1. The van der Waals surface area contributed by atoms with E-state index in [2.05, 4.69) is 4.98 Å². The number of halogens is 1. The fraction of sp³-hybridized carbons (Fsp3) is 0.455. The summed E-state index contributed by atoms with van der Waals surface area (Å²) >= 11 is 5.83. The molecular weight excluding hydrogens is 230 g/mol. The molecule has 16 heavy (non-hydrogen) atoms. The molecule has 1 aliphatic heterocycles. The zero-order valence-electron chi connectivity index (χ0n) is 9.08. The number of carbonyl (C=O) groups is 1. The van der Waals surface area contributed by atoms with Crippen molar-refractivity contribution in [3.05, 3.63) is 28.0 Å². The number of hydrogen-bond donors (Lipinski definition) is 1. The van der Waals surface area contributed by atoms with Gasteiger partial charge in [-0.2, -0.15) is 0 Å². The van der Waals surface area contributed by atoms with E-state index in [0.29, 0.717) is 5.56 Å². The van der Waals surface area contributed by atoms with Gasteiger partial charge in [-0.25, -0.2) is 9.78 Å². The standard InChI is InChI=1S/C11H12ClNO3/c1-3-11(2)7-4-8(12)13-9(10(14)15)6(7)5-16-11/h4H,3,5H2,1-2H3,(H,14,15). The molecule has 0 aliphatic carbocycles. The lowest BCUT2D eigenvalue weighted by Gasteiger charge is -2.22. The third kappa shape index (κ3) is 1.58. The number of hydrogen-bond acceptors (Lipinski definition) is 3. The number of carboxylic acids is 1. The number of pyridine rings is 1. The molecule has 0 fully saturated rings. The Kier molecular flexibility index (Phi) is 2.64. The van der Waals surface area contributed by atoms with Gasteiger partial charge in [0.1, 0.15) is 5.15 Å². The lowest BCUT2D eigenvalue weighted by Crippen LogP contribution is -2.19. The third-order valence-corrected chi connectivity index (χ3v) is 3.27. The van der Waals surface area contributed by atoms with E-state index >= 15 is 0 Å². The Labute approximate surface area is 98.2 Å². The van der Waals surface area contributed by atoms with E-state index in [4.69, 9.17) is 21.4 Å². The zero-order chi connectivity index (χ0) is 11.9. The summed E-state index contributed by atoms with van der Waals surface area (Å²) in [7, 11) is 0. The van der Waals surface area contributed by atoms with E-state index in [9.17, 15) is 4.79 Å². The maximum Gasteiger partial charge on any atom is 0.354 e.